The number of anilines is 1. The summed E-state index contributed by atoms with van der Waals surface area (Å²) in [6, 6.07) is 5.85. The van der Waals surface area contributed by atoms with Crippen molar-refractivity contribution in [3.63, 3.8) is 0 Å². The van der Waals surface area contributed by atoms with Gasteiger partial charge in [0.05, 0.1) is 5.92 Å². The predicted molar refractivity (Wildman–Crippen MR) is 79.4 cm³/mol. The number of carboxylic acid groups (broad SMARTS) is 1. The zero-order valence-corrected chi connectivity index (χ0v) is 12.0. The summed E-state index contributed by atoms with van der Waals surface area (Å²) in [5.41, 5.74) is 3.49. The van der Waals surface area contributed by atoms with Gasteiger partial charge in [0.25, 0.3) is 0 Å². The maximum atomic E-state index is 12.3. The van der Waals surface area contributed by atoms with Gasteiger partial charge in [-0.25, -0.2) is 4.79 Å². The maximum Gasteiger partial charge on any atom is 0.321 e. The first kappa shape index (κ1) is 13.9. The Morgan fingerprint density at radius 3 is 2.81 bits per heavy atom. The number of rotatable bonds is 2. The topological polar surface area (TPSA) is 69.6 Å². The van der Waals surface area contributed by atoms with Crippen LogP contribution in [0.2, 0.25) is 0 Å². The molecule has 1 aromatic rings. The number of aliphatic carboxylic acids is 1. The van der Waals surface area contributed by atoms with Crippen LogP contribution in [-0.2, 0) is 17.6 Å². The summed E-state index contributed by atoms with van der Waals surface area (Å²) in [6.07, 6.45) is 4.77. The molecule has 0 bridgehead atoms. The molecule has 1 aliphatic carbocycles. The van der Waals surface area contributed by atoms with Gasteiger partial charge >= 0.3 is 12.0 Å². The van der Waals surface area contributed by atoms with Crippen molar-refractivity contribution in [1.82, 2.24) is 4.90 Å². The number of hydrogen-bond donors (Lipinski definition) is 2. The van der Waals surface area contributed by atoms with Gasteiger partial charge in [-0.05, 0) is 55.4 Å². The Kier molecular flexibility index (Phi) is 3.82. The molecule has 0 spiro atoms. The van der Waals surface area contributed by atoms with Crippen LogP contribution < -0.4 is 5.32 Å². The van der Waals surface area contributed by atoms with Crippen molar-refractivity contribution < 1.29 is 14.7 Å². The fourth-order valence-corrected chi connectivity index (χ4v) is 3.22. The van der Waals surface area contributed by atoms with E-state index in [1.807, 2.05) is 12.1 Å². The van der Waals surface area contributed by atoms with E-state index in [4.69, 9.17) is 5.11 Å². The zero-order chi connectivity index (χ0) is 14.8. The summed E-state index contributed by atoms with van der Waals surface area (Å²) in [5.74, 6) is -1.26. The van der Waals surface area contributed by atoms with Crippen molar-refractivity contribution >= 4 is 17.7 Å². The normalized spacial score (nSPS) is 21.0. The van der Waals surface area contributed by atoms with Crippen LogP contribution in [0.4, 0.5) is 10.5 Å². The molecule has 112 valence electrons. The molecule has 5 heteroatoms. The predicted octanol–water partition coefficient (Wildman–Crippen LogP) is 2.50. The first-order valence-electron chi connectivity index (χ1n) is 7.54. The largest absolute Gasteiger partial charge is 0.481 e. The lowest BCUT2D eigenvalue weighted by atomic mass is 9.99. The number of carbonyl (C=O) groups excluding carboxylic acids is 1. The molecule has 1 aromatic carbocycles. The molecule has 1 aliphatic heterocycles. The van der Waals surface area contributed by atoms with Crippen LogP contribution in [0.25, 0.3) is 0 Å². The summed E-state index contributed by atoms with van der Waals surface area (Å²) in [7, 11) is 0. The maximum absolute atomic E-state index is 12.3. The highest BCUT2D eigenvalue weighted by Gasteiger charge is 2.28. The summed E-state index contributed by atoms with van der Waals surface area (Å²) < 4.78 is 0. The van der Waals surface area contributed by atoms with Crippen molar-refractivity contribution in [3.05, 3.63) is 29.3 Å². The summed E-state index contributed by atoms with van der Waals surface area (Å²) in [4.78, 5) is 24.9. The van der Waals surface area contributed by atoms with Crippen molar-refractivity contribution in [2.45, 2.75) is 32.1 Å². The van der Waals surface area contributed by atoms with Crippen LogP contribution >= 0.6 is 0 Å². The Labute approximate surface area is 123 Å². The fraction of sp³-hybridized carbons (Fsp3) is 0.500. The minimum Gasteiger partial charge on any atom is -0.481 e. The highest BCUT2D eigenvalue weighted by Crippen LogP contribution is 2.25. The van der Waals surface area contributed by atoms with E-state index in [2.05, 4.69) is 11.4 Å². The van der Waals surface area contributed by atoms with E-state index in [1.54, 1.807) is 4.90 Å². The lowest BCUT2D eigenvalue weighted by Gasteiger charge is -2.30. The molecule has 1 fully saturated rings. The number of carbonyl (C=O) groups is 2. The van der Waals surface area contributed by atoms with Gasteiger partial charge in [0.2, 0.25) is 0 Å². The second-order valence-corrected chi connectivity index (χ2v) is 5.89. The third-order valence-corrected chi connectivity index (χ3v) is 4.41. The third-order valence-electron chi connectivity index (χ3n) is 4.41. The minimum atomic E-state index is -0.815. The Morgan fingerprint density at radius 1 is 1.19 bits per heavy atom. The van der Waals surface area contributed by atoms with Crippen LogP contribution in [-0.4, -0.2) is 35.1 Å². The van der Waals surface area contributed by atoms with E-state index in [9.17, 15) is 9.59 Å². The Hall–Kier alpha value is -2.04. The van der Waals surface area contributed by atoms with Crippen LogP contribution in [0, 0.1) is 5.92 Å². The van der Waals surface area contributed by atoms with E-state index in [0.29, 0.717) is 19.5 Å². The van der Waals surface area contributed by atoms with Crippen LogP contribution in [0.1, 0.15) is 30.4 Å². The van der Waals surface area contributed by atoms with Crippen LogP contribution in [0.5, 0.6) is 0 Å². The minimum absolute atomic E-state index is 0.195. The SMILES string of the molecule is O=C(O)[C@@H]1CCCN(C(=O)Nc2ccc3c(c2)CCC3)C1. The second kappa shape index (κ2) is 5.76. The van der Waals surface area contributed by atoms with E-state index >= 15 is 0 Å². The van der Waals surface area contributed by atoms with E-state index < -0.39 is 11.9 Å². The second-order valence-electron chi connectivity index (χ2n) is 5.89. The molecule has 1 atom stereocenters. The smallest absolute Gasteiger partial charge is 0.321 e. The van der Waals surface area contributed by atoms with E-state index in [0.717, 1.165) is 24.9 Å². The van der Waals surface area contributed by atoms with Gasteiger partial charge in [0, 0.05) is 18.8 Å². The van der Waals surface area contributed by atoms with Gasteiger partial charge in [-0.2, -0.15) is 0 Å². The first-order valence-corrected chi connectivity index (χ1v) is 7.54. The molecule has 0 unspecified atom stereocenters. The highest BCUT2D eigenvalue weighted by molar-refractivity contribution is 5.90. The lowest BCUT2D eigenvalue weighted by Crippen LogP contribution is -2.44. The first-order chi connectivity index (χ1) is 10.1. The number of benzene rings is 1. The molecule has 0 radical (unpaired) electrons. The molecular formula is C16H20N2O3. The van der Waals surface area contributed by atoms with E-state index in [-0.39, 0.29) is 6.03 Å². The number of urea groups is 1. The number of piperidine rings is 1. The summed E-state index contributed by atoms with van der Waals surface area (Å²) >= 11 is 0. The molecule has 5 nitrogen and oxygen atoms in total. The monoisotopic (exact) mass is 288 g/mol. The van der Waals surface area contributed by atoms with Gasteiger partial charge in [-0.3, -0.25) is 4.79 Å². The van der Waals surface area contributed by atoms with Crippen molar-refractivity contribution in [3.8, 4) is 0 Å². The molecule has 0 saturated carbocycles. The van der Waals surface area contributed by atoms with Gasteiger partial charge in [-0.15, -0.1) is 0 Å². The Bertz CT molecular complexity index is 571. The molecule has 21 heavy (non-hydrogen) atoms. The van der Waals surface area contributed by atoms with Crippen molar-refractivity contribution in [2.75, 3.05) is 18.4 Å². The number of nitrogens with zero attached hydrogens (tertiary/aromatic N) is 1. The molecule has 2 N–H and O–H groups in total. The molecule has 3 rings (SSSR count). The number of nitrogens with one attached hydrogen (secondary N) is 1. The summed E-state index contributed by atoms with van der Waals surface area (Å²) in [5, 5.41) is 12.0. The molecule has 1 heterocycles. The van der Waals surface area contributed by atoms with Gasteiger partial charge < -0.3 is 15.3 Å². The average molecular weight is 288 g/mol. The number of carboxylic acids is 1. The molecular weight excluding hydrogens is 268 g/mol. The van der Waals surface area contributed by atoms with Crippen LogP contribution in [0.15, 0.2) is 18.2 Å². The number of amides is 2. The highest BCUT2D eigenvalue weighted by atomic mass is 16.4. The molecule has 2 aliphatic rings. The van der Waals surface area contributed by atoms with Crippen LogP contribution in [0.3, 0.4) is 0 Å². The van der Waals surface area contributed by atoms with E-state index in [1.165, 1.54) is 17.5 Å². The van der Waals surface area contributed by atoms with Crippen molar-refractivity contribution in [1.29, 1.82) is 0 Å². The number of likely N-dealkylation sites (tertiary alicyclic amines) is 1. The Balaban J connectivity index is 1.64. The zero-order valence-electron chi connectivity index (χ0n) is 12.0. The Morgan fingerprint density at radius 2 is 2.00 bits per heavy atom. The average Bonchev–Trinajstić information content (AvgIpc) is 2.95. The molecule has 2 amide bonds. The standard InChI is InChI=1S/C16H20N2O3/c19-15(20)13-5-2-8-18(10-13)16(21)17-14-7-6-11-3-1-4-12(11)9-14/h6-7,9,13H,1-5,8,10H2,(H,17,21)(H,19,20)/t13-/m1/s1. The van der Waals surface area contributed by atoms with Gasteiger partial charge in [-0.1, -0.05) is 6.07 Å². The number of hydrogen-bond acceptors (Lipinski definition) is 2. The summed E-state index contributed by atoms with van der Waals surface area (Å²) in [6.45, 7) is 0.923. The quantitative estimate of drug-likeness (QED) is 0.878. The molecule has 0 aromatic heterocycles. The lowest BCUT2D eigenvalue weighted by molar-refractivity contribution is -0.143. The number of aryl methyl sites for hydroxylation is 2. The van der Waals surface area contributed by atoms with Gasteiger partial charge in [0.15, 0.2) is 0 Å². The van der Waals surface area contributed by atoms with Gasteiger partial charge in [0.1, 0.15) is 0 Å². The third kappa shape index (κ3) is 3.01. The number of fused-ring (bicyclic) bond motifs is 1. The fourth-order valence-electron chi connectivity index (χ4n) is 3.22. The molecule has 1 saturated heterocycles. The van der Waals surface area contributed by atoms with Crippen molar-refractivity contribution in [2.24, 2.45) is 5.92 Å².